The second-order valence-electron chi connectivity index (χ2n) is 8.01. The van der Waals surface area contributed by atoms with Crippen molar-refractivity contribution in [2.24, 2.45) is 5.92 Å². The van der Waals surface area contributed by atoms with E-state index in [0.717, 1.165) is 54.0 Å². The van der Waals surface area contributed by atoms with Crippen LogP contribution in [0.3, 0.4) is 0 Å². The van der Waals surface area contributed by atoms with Crippen molar-refractivity contribution in [1.82, 2.24) is 4.90 Å². The molecule has 158 valence electrons. The Hall–Kier alpha value is -2.56. The third kappa shape index (κ3) is 5.72. The van der Waals surface area contributed by atoms with E-state index in [1.807, 2.05) is 30.0 Å². The van der Waals surface area contributed by atoms with E-state index in [1.165, 1.54) is 0 Å². The number of anilines is 2. The number of benzene rings is 1. The molecule has 5 heteroatoms. The largest absolute Gasteiger partial charge is 0.359 e. The number of rotatable bonds is 11. The van der Waals surface area contributed by atoms with E-state index in [4.69, 9.17) is 0 Å². The number of carbonyl (C=O) groups excluding carboxylic acids is 2. The number of urea groups is 1. The van der Waals surface area contributed by atoms with Crippen molar-refractivity contribution in [3.05, 3.63) is 42.6 Å². The second-order valence-corrected chi connectivity index (χ2v) is 8.01. The molecule has 0 saturated carbocycles. The van der Waals surface area contributed by atoms with Crippen molar-refractivity contribution in [2.75, 3.05) is 23.3 Å². The SMILES string of the molecule is C=C(CC(C)CC(C)=O)Nc1ccc2c(c1)C(=C)N(CCCCC)C(=O)N2CC. The van der Waals surface area contributed by atoms with Crippen LogP contribution in [0.15, 0.2) is 37.1 Å². The molecule has 0 radical (unpaired) electrons. The van der Waals surface area contributed by atoms with Crippen LogP contribution < -0.4 is 10.2 Å². The van der Waals surface area contributed by atoms with E-state index in [1.54, 1.807) is 11.8 Å². The first-order valence-electron chi connectivity index (χ1n) is 10.6. The third-order valence-corrected chi connectivity index (χ3v) is 5.24. The summed E-state index contributed by atoms with van der Waals surface area (Å²) in [5, 5.41) is 3.36. The minimum atomic E-state index is 0.00396. The second kappa shape index (κ2) is 10.3. The van der Waals surface area contributed by atoms with E-state index in [9.17, 15) is 9.59 Å². The molecule has 1 aromatic rings. The van der Waals surface area contributed by atoms with Gasteiger partial charge < -0.3 is 10.1 Å². The first kappa shape index (κ1) is 22.7. The fourth-order valence-electron chi connectivity index (χ4n) is 3.88. The number of amides is 2. The van der Waals surface area contributed by atoms with Crippen molar-refractivity contribution >= 4 is 28.9 Å². The monoisotopic (exact) mass is 397 g/mol. The van der Waals surface area contributed by atoms with Gasteiger partial charge in [0.05, 0.1) is 5.69 Å². The van der Waals surface area contributed by atoms with Crippen LogP contribution >= 0.6 is 0 Å². The minimum absolute atomic E-state index is 0.00396. The standard InChI is InChI=1S/C24H35N3O2/c1-7-9-10-13-27-20(6)22-16-21(11-12-23(22)26(8-2)24(27)29)25-18(4)14-17(3)15-19(5)28/h11-12,16-17,25H,4,6-10,13-15H2,1-3,5H3. The summed E-state index contributed by atoms with van der Waals surface area (Å²) in [7, 11) is 0. The van der Waals surface area contributed by atoms with Gasteiger partial charge in [0.1, 0.15) is 5.78 Å². The van der Waals surface area contributed by atoms with Crippen molar-refractivity contribution in [1.29, 1.82) is 0 Å². The number of Topliss-reactive ketones (excluding diaryl/α,β-unsaturated/α-hetero) is 1. The van der Waals surface area contributed by atoms with Crippen LogP contribution in [0.4, 0.5) is 16.2 Å². The molecule has 1 N–H and O–H groups in total. The normalized spacial score (nSPS) is 14.6. The molecule has 0 aliphatic carbocycles. The lowest BCUT2D eigenvalue weighted by atomic mass is 9.99. The van der Waals surface area contributed by atoms with Crippen LogP contribution in [-0.4, -0.2) is 29.8 Å². The van der Waals surface area contributed by atoms with E-state index < -0.39 is 0 Å². The Labute approximate surface area is 175 Å². The van der Waals surface area contributed by atoms with E-state index in [-0.39, 0.29) is 17.7 Å². The molecule has 5 nitrogen and oxygen atoms in total. The van der Waals surface area contributed by atoms with Gasteiger partial charge in [0.15, 0.2) is 0 Å². The van der Waals surface area contributed by atoms with Crippen molar-refractivity contribution in [3.8, 4) is 0 Å². The van der Waals surface area contributed by atoms with Crippen molar-refractivity contribution < 1.29 is 9.59 Å². The number of allylic oxidation sites excluding steroid dienone is 1. The molecule has 0 spiro atoms. The molecule has 1 unspecified atom stereocenters. The van der Waals surface area contributed by atoms with Gasteiger partial charge in [-0.15, -0.1) is 0 Å². The fraction of sp³-hybridized carbons (Fsp3) is 0.500. The summed E-state index contributed by atoms with van der Waals surface area (Å²) in [5.41, 5.74) is 4.42. The number of fused-ring (bicyclic) bond motifs is 1. The Morgan fingerprint density at radius 3 is 2.52 bits per heavy atom. The predicted molar refractivity (Wildman–Crippen MR) is 122 cm³/mol. The number of ketones is 1. The van der Waals surface area contributed by atoms with E-state index in [0.29, 0.717) is 19.5 Å². The van der Waals surface area contributed by atoms with Gasteiger partial charge in [0, 0.05) is 42.2 Å². The topological polar surface area (TPSA) is 52.7 Å². The van der Waals surface area contributed by atoms with Gasteiger partial charge in [-0.1, -0.05) is 39.8 Å². The maximum atomic E-state index is 12.9. The molecule has 0 aromatic heterocycles. The lowest BCUT2D eigenvalue weighted by Crippen LogP contribution is -2.46. The maximum Gasteiger partial charge on any atom is 0.328 e. The number of unbranched alkanes of at least 4 members (excludes halogenated alkanes) is 2. The molecule has 29 heavy (non-hydrogen) atoms. The van der Waals surface area contributed by atoms with Gasteiger partial charge in [-0.25, -0.2) is 4.79 Å². The fourth-order valence-corrected chi connectivity index (χ4v) is 3.88. The Balaban J connectivity index is 2.19. The van der Waals surface area contributed by atoms with Gasteiger partial charge in [-0.05, 0) is 50.8 Å². The van der Waals surface area contributed by atoms with Crippen LogP contribution in [0.2, 0.25) is 0 Å². The summed E-state index contributed by atoms with van der Waals surface area (Å²) < 4.78 is 0. The molecule has 2 rings (SSSR count). The summed E-state index contributed by atoms with van der Waals surface area (Å²) in [5.74, 6) is 0.449. The van der Waals surface area contributed by atoms with Crippen molar-refractivity contribution in [2.45, 2.75) is 59.8 Å². The summed E-state index contributed by atoms with van der Waals surface area (Å²) in [4.78, 5) is 27.8. The molecule has 1 aliphatic rings. The molecule has 0 bridgehead atoms. The highest BCUT2D eigenvalue weighted by Gasteiger charge is 2.32. The highest BCUT2D eigenvalue weighted by Crippen LogP contribution is 2.37. The molecule has 1 heterocycles. The summed E-state index contributed by atoms with van der Waals surface area (Å²) in [6, 6.07) is 5.99. The van der Waals surface area contributed by atoms with Crippen LogP contribution in [0.1, 0.15) is 65.4 Å². The predicted octanol–water partition coefficient (Wildman–Crippen LogP) is 6.04. The molecule has 1 aromatic carbocycles. The highest BCUT2D eigenvalue weighted by molar-refractivity contribution is 6.04. The maximum absolute atomic E-state index is 12.9. The number of hydrogen-bond acceptors (Lipinski definition) is 3. The Morgan fingerprint density at radius 2 is 1.90 bits per heavy atom. The van der Waals surface area contributed by atoms with E-state index >= 15 is 0 Å². The summed E-state index contributed by atoms with van der Waals surface area (Å²) in [6.07, 6.45) is 4.47. The lowest BCUT2D eigenvalue weighted by molar-refractivity contribution is -0.117. The first-order valence-corrected chi connectivity index (χ1v) is 10.6. The van der Waals surface area contributed by atoms with Crippen LogP contribution in [0.5, 0.6) is 0 Å². The zero-order valence-electron chi connectivity index (χ0n) is 18.4. The third-order valence-electron chi connectivity index (χ3n) is 5.24. The van der Waals surface area contributed by atoms with Crippen LogP contribution in [-0.2, 0) is 4.79 Å². The number of hydrogen-bond donors (Lipinski definition) is 1. The average Bonchev–Trinajstić information content (AvgIpc) is 2.64. The molecule has 1 aliphatic heterocycles. The van der Waals surface area contributed by atoms with Crippen LogP contribution in [0.25, 0.3) is 5.70 Å². The van der Waals surface area contributed by atoms with Gasteiger partial charge in [-0.3, -0.25) is 9.80 Å². The van der Waals surface area contributed by atoms with Gasteiger partial charge in [0.25, 0.3) is 0 Å². The Bertz CT molecular complexity index is 784. The zero-order valence-corrected chi connectivity index (χ0v) is 18.4. The summed E-state index contributed by atoms with van der Waals surface area (Å²) in [6.45, 7) is 17.5. The molecular formula is C24H35N3O2. The van der Waals surface area contributed by atoms with Gasteiger partial charge in [-0.2, -0.15) is 0 Å². The minimum Gasteiger partial charge on any atom is -0.359 e. The summed E-state index contributed by atoms with van der Waals surface area (Å²) >= 11 is 0. The first-order chi connectivity index (χ1) is 13.8. The van der Waals surface area contributed by atoms with Crippen molar-refractivity contribution in [3.63, 3.8) is 0 Å². The number of nitrogens with one attached hydrogen (secondary N) is 1. The Kier molecular flexibility index (Phi) is 8.06. The lowest BCUT2D eigenvalue weighted by Gasteiger charge is -2.38. The molecule has 1 atom stereocenters. The smallest absolute Gasteiger partial charge is 0.328 e. The van der Waals surface area contributed by atoms with Crippen LogP contribution in [0, 0.1) is 5.92 Å². The molecule has 0 fully saturated rings. The Morgan fingerprint density at radius 1 is 1.17 bits per heavy atom. The molecule has 2 amide bonds. The number of carbonyl (C=O) groups is 2. The average molecular weight is 398 g/mol. The van der Waals surface area contributed by atoms with Gasteiger partial charge >= 0.3 is 6.03 Å². The molecule has 0 saturated heterocycles. The zero-order chi connectivity index (χ0) is 21.6. The molecular weight excluding hydrogens is 362 g/mol. The quantitative estimate of drug-likeness (QED) is 0.463. The van der Waals surface area contributed by atoms with Gasteiger partial charge in [0.2, 0.25) is 0 Å². The highest BCUT2D eigenvalue weighted by atomic mass is 16.2. The van der Waals surface area contributed by atoms with E-state index in [2.05, 4.69) is 32.3 Å². The number of nitrogens with zero attached hydrogens (tertiary/aromatic N) is 2.